The minimum atomic E-state index is 0.0445. The molecule has 1 aromatic rings. The Morgan fingerprint density at radius 2 is 1.60 bits per heavy atom. The summed E-state index contributed by atoms with van der Waals surface area (Å²) in [5, 5.41) is 12.4. The second-order valence-electron chi connectivity index (χ2n) is 7.52. The fourth-order valence-corrected chi connectivity index (χ4v) is 2.27. The number of rotatable bonds is 4. The Balaban J connectivity index is 2.94. The van der Waals surface area contributed by atoms with Crippen molar-refractivity contribution in [3.63, 3.8) is 0 Å². The van der Waals surface area contributed by atoms with Crippen LogP contribution >= 0.6 is 0 Å². The van der Waals surface area contributed by atoms with E-state index in [0.717, 1.165) is 6.42 Å². The van der Waals surface area contributed by atoms with Gasteiger partial charge in [-0.3, -0.25) is 0 Å². The summed E-state index contributed by atoms with van der Waals surface area (Å²) >= 11 is 0. The number of nitrogens with one attached hydrogen (secondary N) is 1. The fourth-order valence-electron chi connectivity index (χ4n) is 2.27. The summed E-state index contributed by atoms with van der Waals surface area (Å²) in [6, 6.07) is 11.3. The molecule has 1 N–H and O–H groups in total. The van der Waals surface area contributed by atoms with Crippen LogP contribution in [-0.2, 0) is 5.41 Å². The summed E-state index contributed by atoms with van der Waals surface area (Å²) in [7, 11) is 0. The molecule has 0 saturated heterocycles. The number of hydrogen-bond acceptors (Lipinski definition) is 2. The Kier molecular flexibility index (Phi) is 5.36. The lowest BCUT2D eigenvalue weighted by Crippen LogP contribution is -2.38. The SMILES string of the molecule is CC(C)(C)N[C@H](CCC#N)c1ccc(C(C)(C)C)cc1. The van der Waals surface area contributed by atoms with Gasteiger partial charge in [0.25, 0.3) is 0 Å². The van der Waals surface area contributed by atoms with Gasteiger partial charge in [-0.05, 0) is 43.7 Å². The second kappa shape index (κ2) is 6.41. The Morgan fingerprint density at radius 3 is 2.00 bits per heavy atom. The molecule has 0 aliphatic rings. The summed E-state index contributed by atoms with van der Waals surface area (Å²) in [5.74, 6) is 0. The van der Waals surface area contributed by atoms with E-state index in [1.165, 1.54) is 11.1 Å². The monoisotopic (exact) mass is 272 g/mol. The average molecular weight is 272 g/mol. The van der Waals surface area contributed by atoms with Gasteiger partial charge in [-0.25, -0.2) is 0 Å². The van der Waals surface area contributed by atoms with Gasteiger partial charge in [0.15, 0.2) is 0 Å². The van der Waals surface area contributed by atoms with Crippen molar-refractivity contribution in [1.82, 2.24) is 5.32 Å². The molecule has 0 aromatic heterocycles. The first kappa shape index (κ1) is 16.7. The standard InChI is InChI=1S/C18H28N2/c1-17(2,3)15-11-9-14(10-12-15)16(8-7-13-19)20-18(4,5)6/h9-12,16,20H,7-8H2,1-6H3/t16-/m1/s1. The van der Waals surface area contributed by atoms with E-state index in [1.54, 1.807) is 0 Å². The molecule has 0 spiro atoms. The van der Waals surface area contributed by atoms with E-state index >= 15 is 0 Å². The molecule has 0 saturated carbocycles. The third-order valence-corrected chi connectivity index (χ3v) is 3.33. The van der Waals surface area contributed by atoms with Gasteiger partial charge < -0.3 is 5.32 Å². The van der Waals surface area contributed by atoms with Crippen molar-refractivity contribution >= 4 is 0 Å². The van der Waals surface area contributed by atoms with Gasteiger partial charge in [0.2, 0.25) is 0 Å². The average Bonchev–Trinajstić information content (AvgIpc) is 2.32. The summed E-state index contributed by atoms with van der Waals surface area (Å²) < 4.78 is 0. The Hall–Kier alpha value is -1.33. The predicted octanol–water partition coefficient (Wildman–Crippen LogP) is 4.72. The number of hydrogen-bond donors (Lipinski definition) is 1. The van der Waals surface area contributed by atoms with Crippen molar-refractivity contribution in [3.8, 4) is 6.07 Å². The van der Waals surface area contributed by atoms with E-state index in [0.29, 0.717) is 6.42 Å². The van der Waals surface area contributed by atoms with Crippen LogP contribution in [0.4, 0.5) is 0 Å². The number of benzene rings is 1. The first-order valence-corrected chi connectivity index (χ1v) is 7.38. The molecule has 0 bridgehead atoms. The first-order valence-electron chi connectivity index (χ1n) is 7.38. The van der Waals surface area contributed by atoms with Crippen LogP contribution in [0.1, 0.15) is 71.6 Å². The topological polar surface area (TPSA) is 35.8 Å². The van der Waals surface area contributed by atoms with Crippen molar-refractivity contribution in [2.45, 2.75) is 71.4 Å². The molecule has 0 heterocycles. The highest BCUT2D eigenvalue weighted by molar-refractivity contribution is 5.29. The quantitative estimate of drug-likeness (QED) is 0.861. The number of nitriles is 1. The van der Waals surface area contributed by atoms with Crippen LogP contribution in [0, 0.1) is 11.3 Å². The molecule has 0 fully saturated rings. The molecule has 2 heteroatoms. The third-order valence-electron chi connectivity index (χ3n) is 3.33. The smallest absolute Gasteiger partial charge is 0.0622 e. The van der Waals surface area contributed by atoms with E-state index in [-0.39, 0.29) is 17.0 Å². The molecule has 0 aliphatic carbocycles. The molecular formula is C18H28N2. The molecule has 20 heavy (non-hydrogen) atoms. The predicted molar refractivity (Wildman–Crippen MR) is 85.6 cm³/mol. The van der Waals surface area contributed by atoms with Crippen molar-refractivity contribution in [2.75, 3.05) is 0 Å². The van der Waals surface area contributed by atoms with Crippen LogP contribution in [0.3, 0.4) is 0 Å². The highest BCUT2D eigenvalue weighted by Gasteiger charge is 2.19. The van der Waals surface area contributed by atoms with Gasteiger partial charge in [0.05, 0.1) is 6.07 Å². The van der Waals surface area contributed by atoms with Crippen LogP contribution in [0.15, 0.2) is 24.3 Å². The maximum atomic E-state index is 8.83. The molecule has 1 atom stereocenters. The van der Waals surface area contributed by atoms with Crippen molar-refractivity contribution in [2.24, 2.45) is 0 Å². The molecule has 110 valence electrons. The first-order chi connectivity index (χ1) is 9.13. The van der Waals surface area contributed by atoms with Gasteiger partial charge in [0, 0.05) is 18.0 Å². The lowest BCUT2D eigenvalue weighted by molar-refractivity contribution is 0.352. The maximum Gasteiger partial charge on any atom is 0.0622 e. The zero-order valence-electron chi connectivity index (χ0n) is 13.7. The normalized spacial score (nSPS) is 13.8. The number of nitrogens with zero attached hydrogens (tertiary/aromatic N) is 1. The largest absolute Gasteiger partial charge is 0.305 e. The van der Waals surface area contributed by atoms with E-state index in [9.17, 15) is 0 Å². The van der Waals surface area contributed by atoms with Crippen LogP contribution in [0.2, 0.25) is 0 Å². The molecule has 0 aliphatic heterocycles. The van der Waals surface area contributed by atoms with Crippen molar-refractivity contribution < 1.29 is 0 Å². The van der Waals surface area contributed by atoms with E-state index in [1.807, 2.05) is 0 Å². The Bertz CT molecular complexity index is 452. The van der Waals surface area contributed by atoms with Crippen LogP contribution in [0.5, 0.6) is 0 Å². The minimum absolute atomic E-state index is 0.0445. The lowest BCUT2D eigenvalue weighted by Gasteiger charge is -2.29. The molecular weight excluding hydrogens is 244 g/mol. The molecule has 1 rings (SSSR count). The summed E-state index contributed by atoms with van der Waals surface area (Å²) in [5.41, 5.74) is 2.83. The van der Waals surface area contributed by atoms with Gasteiger partial charge in [0.1, 0.15) is 0 Å². The van der Waals surface area contributed by atoms with Crippen LogP contribution < -0.4 is 5.32 Å². The summed E-state index contributed by atoms with van der Waals surface area (Å²) in [6.45, 7) is 13.2. The fraction of sp³-hybridized carbons (Fsp3) is 0.611. The van der Waals surface area contributed by atoms with Crippen LogP contribution in [0.25, 0.3) is 0 Å². The van der Waals surface area contributed by atoms with Gasteiger partial charge in [-0.1, -0.05) is 45.0 Å². The zero-order chi connectivity index (χ0) is 15.4. The molecule has 2 nitrogen and oxygen atoms in total. The Morgan fingerprint density at radius 1 is 1.05 bits per heavy atom. The minimum Gasteiger partial charge on any atom is -0.305 e. The molecule has 0 unspecified atom stereocenters. The van der Waals surface area contributed by atoms with E-state index < -0.39 is 0 Å². The second-order valence-corrected chi connectivity index (χ2v) is 7.52. The Labute approximate surface area is 124 Å². The maximum absolute atomic E-state index is 8.83. The van der Waals surface area contributed by atoms with Gasteiger partial charge in [-0.15, -0.1) is 0 Å². The third kappa shape index (κ3) is 5.35. The molecule has 0 amide bonds. The highest BCUT2D eigenvalue weighted by Crippen LogP contribution is 2.26. The summed E-state index contributed by atoms with van der Waals surface area (Å²) in [4.78, 5) is 0. The molecule has 1 aromatic carbocycles. The van der Waals surface area contributed by atoms with E-state index in [2.05, 4.69) is 77.2 Å². The van der Waals surface area contributed by atoms with E-state index in [4.69, 9.17) is 5.26 Å². The van der Waals surface area contributed by atoms with Crippen LogP contribution in [-0.4, -0.2) is 5.54 Å². The van der Waals surface area contributed by atoms with Crippen molar-refractivity contribution in [1.29, 1.82) is 5.26 Å². The summed E-state index contributed by atoms with van der Waals surface area (Å²) in [6.07, 6.45) is 1.43. The highest BCUT2D eigenvalue weighted by atomic mass is 15.0. The zero-order valence-corrected chi connectivity index (χ0v) is 13.7. The van der Waals surface area contributed by atoms with Gasteiger partial charge >= 0.3 is 0 Å². The molecule has 0 radical (unpaired) electrons. The van der Waals surface area contributed by atoms with Gasteiger partial charge in [-0.2, -0.15) is 5.26 Å². The van der Waals surface area contributed by atoms with Crippen molar-refractivity contribution in [3.05, 3.63) is 35.4 Å². The lowest BCUT2D eigenvalue weighted by atomic mass is 9.86.